The molecule has 3 aromatic rings. The summed E-state index contributed by atoms with van der Waals surface area (Å²) in [6, 6.07) is 27.8. The van der Waals surface area contributed by atoms with Crippen LogP contribution >= 0.6 is 0 Å². The average molecular weight is 491 g/mol. The van der Waals surface area contributed by atoms with E-state index in [4.69, 9.17) is 13.0 Å². The van der Waals surface area contributed by atoms with Crippen LogP contribution in [-0.2, 0) is 30.9 Å². The van der Waals surface area contributed by atoms with E-state index in [-0.39, 0.29) is 10.9 Å². The van der Waals surface area contributed by atoms with E-state index >= 15 is 0 Å². The van der Waals surface area contributed by atoms with E-state index in [0.717, 1.165) is 4.90 Å². The van der Waals surface area contributed by atoms with Crippen molar-refractivity contribution in [2.75, 3.05) is 6.26 Å². The van der Waals surface area contributed by atoms with Gasteiger partial charge in [-0.15, -0.1) is 0 Å². The maximum absolute atomic E-state index is 11.7. The summed E-state index contributed by atoms with van der Waals surface area (Å²) in [6.45, 7) is 0. The molecule has 0 amide bonds. The van der Waals surface area contributed by atoms with Gasteiger partial charge in [-0.2, -0.15) is 13.2 Å². The number of rotatable bonds is 4. The summed E-state index contributed by atoms with van der Waals surface area (Å²) in [5.74, 6) is 0. The Morgan fingerprint density at radius 2 is 1.00 bits per heavy atom. The summed E-state index contributed by atoms with van der Waals surface area (Å²) in [6.07, 6.45) is 1.23. The van der Waals surface area contributed by atoms with E-state index in [9.17, 15) is 21.6 Å². The predicted molar refractivity (Wildman–Crippen MR) is 110 cm³/mol. The van der Waals surface area contributed by atoms with Crippen molar-refractivity contribution in [2.24, 2.45) is 0 Å². The molecule has 166 valence electrons. The van der Waals surface area contributed by atoms with E-state index in [0.29, 0.717) is 4.90 Å². The third-order valence-electron chi connectivity index (χ3n) is 3.73. The first-order valence-corrected chi connectivity index (χ1v) is 13.0. The summed E-state index contributed by atoms with van der Waals surface area (Å²) in [7, 11) is -9.51. The molecule has 0 aliphatic heterocycles. The molecular formula is C20H17F3O5S3. The summed E-state index contributed by atoms with van der Waals surface area (Å²) >= 11 is 0. The quantitative estimate of drug-likeness (QED) is 0.310. The molecule has 31 heavy (non-hydrogen) atoms. The van der Waals surface area contributed by atoms with E-state index in [2.05, 4.69) is 24.3 Å². The Labute approximate surface area is 181 Å². The Hall–Kier alpha value is -2.34. The molecule has 0 saturated heterocycles. The SMILES string of the molecule is CS(=O)(=O)c1ccc([S+](c2ccccc2)c2ccccc2)cc1.O=S(=O)([O-])C(F)(F)F. The van der Waals surface area contributed by atoms with Crippen molar-refractivity contribution in [3.63, 3.8) is 0 Å². The summed E-state index contributed by atoms with van der Waals surface area (Å²) in [5.41, 5.74) is -5.65. The first-order chi connectivity index (χ1) is 14.3. The van der Waals surface area contributed by atoms with Crippen LogP contribution in [0.4, 0.5) is 13.2 Å². The summed E-state index contributed by atoms with van der Waals surface area (Å²) in [5, 5.41) is 0. The van der Waals surface area contributed by atoms with Crippen molar-refractivity contribution < 1.29 is 34.6 Å². The summed E-state index contributed by atoms with van der Waals surface area (Å²) < 4.78 is 82.2. The van der Waals surface area contributed by atoms with Gasteiger partial charge in [0, 0.05) is 6.26 Å². The molecule has 0 fully saturated rings. The molecule has 0 aliphatic rings. The molecule has 0 heterocycles. The lowest BCUT2D eigenvalue weighted by atomic mass is 10.4. The highest BCUT2D eigenvalue weighted by molar-refractivity contribution is 7.97. The van der Waals surface area contributed by atoms with Crippen molar-refractivity contribution in [1.29, 1.82) is 0 Å². The molecule has 0 N–H and O–H groups in total. The van der Waals surface area contributed by atoms with E-state index in [1.165, 1.54) is 16.0 Å². The Bertz CT molecular complexity index is 1150. The molecule has 0 spiro atoms. The second kappa shape index (κ2) is 9.86. The smallest absolute Gasteiger partial charge is 0.485 e. The second-order valence-electron chi connectivity index (χ2n) is 6.08. The zero-order chi connectivity index (χ0) is 23.3. The minimum atomic E-state index is -6.09. The van der Waals surface area contributed by atoms with Gasteiger partial charge in [0.2, 0.25) is 0 Å². The van der Waals surface area contributed by atoms with Crippen molar-refractivity contribution in [1.82, 2.24) is 0 Å². The fraction of sp³-hybridized carbons (Fsp3) is 0.100. The fourth-order valence-corrected chi connectivity index (χ4v) is 5.06. The Balaban J connectivity index is 0.000000366. The molecule has 0 saturated carbocycles. The summed E-state index contributed by atoms with van der Waals surface area (Å²) in [4.78, 5) is 3.89. The Morgan fingerprint density at radius 3 is 1.29 bits per heavy atom. The first kappa shape index (κ1) is 24.9. The van der Waals surface area contributed by atoms with Gasteiger partial charge in [0.1, 0.15) is 0 Å². The second-order valence-corrected chi connectivity index (χ2v) is 11.5. The molecule has 0 radical (unpaired) electrons. The minimum Gasteiger partial charge on any atom is -0.741 e. The monoisotopic (exact) mass is 490 g/mol. The fourth-order valence-electron chi connectivity index (χ4n) is 2.34. The number of hydrogen-bond donors (Lipinski definition) is 0. The largest absolute Gasteiger partial charge is 0.741 e. The van der Waals surface area contributed by atoms with Gasteiger partial charge in [-0.25, -0.2) is 16.8 Å². The lowest BCUT2D eigenvalue weighted by Crippen LogP contribution is -2.21. The van der Waals surface area contributed by atoms with Crippen LogP contribution in [0.1, 0.15) is 0 Å². The van der Waals surface area contributed by atoms with E-state index in [1.54, 1.807) is 12.1 Å². The highest BCUT2D eigenvalue weighted by Gasteiger charge is 2.37. The van der Waals surface area contributed by atoms with Gasteiger partial charge in [0.15, 0.2) is 34.6 Å². The molecule has 0 bridgehead atoms. The standard InChI is InChI=1S/C19H17O2S2.CHF3O3S/c1-23(20,21)19-14-12-18(13-15-19)22(16-8-4-2-5-9-16)17-10-6-3-7-11-17;2-1(3,4)8(5,6)7/h2-15H,1H3;(H,5,6,7)/q+1;/p-1. The molecule has 3 rings (SSSR count). The topological polar surface area (TPSA) is 91.3 Å². The highest BCUT2D eigenvalue weighted by Crippen LogP contribution is 2.31. The highest BCUT2D eigenvalue weighted by atomic mass is 32.2. The van der Waals surface area contributed by atoms with Crippen molar-refractivity contribution in [3.8, 4) is 0 Å². The number of alkyl halides is 3. The molecule has 0 unspecified atom stereocenters. The van der Waals surface area contributed by atoms with Gasteiger partial charge in [0.05, 0.1) is 15.8 Å². The van der Waals surface area contributed by atoms with Gasteiger partial charge in [-0.1, -0.05) is 36.4 Å². The predicted octanol–water partition coefficient (Wildman–Crippen LogP) is 4.24. The lowest BCUT2D eigenvalue weighted by molar-refractivity contribution is -0.0517. The number of benzene rings is 3. The first-order valence-electron chi connectivity index (χ1n) is 8.47. The van der Waals surface area contributed by atoms with Crippen molar-refractivity contribution in [3.05, 3.63) is 84.9 Å². The van der Waals surface area contributed by atoms with Gasteiger partial charge >= 0.3 is 5.51 Å². The molecule has 0 aromatic heterocycles. The Kier molecular flexibility index (Phi) is 7.93. The van der Waals surface area contributed by atoms with Crippen molar-refractivity contribution in [2.45, 2.75) is 25.1 Å². The normalized spacial score (nSPS) is 12.2. The minimum absolute atomic E-state index is 0.245. The van der Waals surface area contributed by atoms with Crippen molar-refractivity contribution >= 4 is 30.9 Å². The van der Waals surface area contributed by atoms with Crippen LogP contribution in [0, 0.1) is 0 Å². The molecule has 5 nitrogen and oxygen atoms in total. The van der Waals surface area contributed by atoms with Crippen LogP contribution in [0.3, 0.4) is 0 Å². The van der Waals surface area contributed by atoms with Crippen LogP contribution in [-0.4, -0.2) is 33.2 Å². The number of hydrogen-bond acceptors (Lipinski definition) is 5. The maximum atomic E-state index is 11.7. The van der Waals surface area contributed by atoms with E-state index < -0.39 is 25.5 Å². The zero-order valence-corrected chi connectivity index (χ0v) is 18.4. The maximum Gasteiger partial charge on any atom is 0.485 e. The van der Waals surface area contributed by atoms with Gasteiger partial charge in [-0.05, 0) is 48.5 Å². The lowest BCUT2D eigenvalue weighted by Gasteiger charge is -2.08. The van der Waals surface area contributed by atoms with Gasteiger partial charge in [-0.3, -0.25) is 0 Å². The third kappa shape index (κ3) is 7.10. The number of halogens is 3. The van der Waals surface area contributed by atoms with Gasteiger partial charge < -0.3 is 4.55 Å². The molecule has 3 aromatic carbocycles. The van der Waals surface area contributed by atoms with Crippen LogP contribution in [0.25, 0.3) is 0 Å². The van der Waals surface area contributed by atoms with Crippen LogP contribution in [0.15, 0.2) is 105 Å². The molecular weight excluding hydrogens is 473 g/mol. The molecule has 0 aliphatic carbocycles. The van der Waals surface area contributed by atoms with Crippen LogP contribution in [0.5, 0.6) is 0 Å². The van der Waals surface area contributed by atoms with Crippen LogP contribution in [0.2, 0.25) is 0 Å². The van der Waals surface area contributed by atoms with E-state index in [1.807, 2.05) is 48.5 Å². The third-order valence-corrected chi connectivity index (χ3v) is 7.66. The zero-order valence-electron chi connectivity index (χ0n) is 16.0. The van der Waals surface area contributed by atoms with Gasteiger partial charge in [0.25, 0.3) is 0 Å². The molecule has 0 atom stereocenters. The molecule has 11 heteroatoms. The average Bonchev–Trinajstić information content (AvgIpc) is 2.69. The number of sulfone groups is 1. The Morgan fingerprint density at radius 1 is 0.677 bits per heavy atom. The van der Waals surface area contributed by atoms with Crippen LogP contribution < -0.4 is 0 Å².